The summed E-state index contributed by atoms with van der Waals surface area (Å²) >= 11 is 0. The van der Waals surface area contributed by atoms with E-state index < -0.39 is 5.91 Å². The number of anilines is 3. The van der Waals surface area contributed by atoms with Crippen molar-refractivity contribution in [3.63, 3.8) is 0 Å². The first-order valence-electron chi connectivity index (χ1n) is 6.45. The first-order valence-corrected chi connectivity index (χ1v) is 6.45. The summed E-state index contributed by atoms with van der Waals surface area (Å²) in [5, 5.41) is 5.28. The molecule has 1 amide bonds. The summed E-state index contributed by atoms with van der Waals surface area (Å²) in [6.45, 7) is 0. The van der Waals surface area contributed by atoms with Crippen molar-refractivity contribution in [2.45, 2.75) is 0 Å². The summed E-state index contributed by atoms with van der Waals surface area (Å²) in [6, 6.07) is 13.0. The molecule has 0 radical (unpaired) electrons. The first-order chi connectivity index (χ1) is 10.2. The molecule has 0 aliphatic rings. The highest BCUT2D eigenvalue weighted by Crippen LogP contribution is 2.30. The number of amides is 1. The molecule has 2 aromatic carbocycles. The number of primary amides is 1. The third-order valence-corrected chi connectivity index (χ3v) is 3.32. The van der Waals surface area contributed by atoms with Gasteiger partial charge in [0.2, 0.25) is 0 Å². The molecule has 21 heavy (non-hydrogen) atoms. The van der Waals surface area contributed by atoms with E-state index in [-0.39, 0.29) is 0 Å². The molecular weight excluding hydrogens is 264 g/mol. The Hall–Kier alpha value is -3.08. The highest BCUT2D eigenvalue weighted by atomic mass is 16.1. The van der Waals surface area contributed by atoms with Crippen molar-refractivity contribution in [3.05, 3.63) is 60.4 Å². The molecule has 5 nitrogen and oxygen atoms in total. The van der Waals surface area contributed by atoms with E-state index in [1.165, 1.54) is 0 Å². The molecule has 0 aliphatic carbocycles. The van der Waals surface area contributed by atoms with Crippen LogP contribution in [-0.2, 0) is 0 Å². The number of nitrogens with zero attached hydrogens (tertiary/aromatic N) is 1. The van der Waals surface area contributed by atoms with Gasteiger partial charge < -0.3 is 16.8 Å². The number of hydrogen-bond donors (Lipinski definition) is 3. The van der Waals surface area contributed by atoms with Gasteiger partial charge in [0, 0.05) is 23.5 Å². The van der Waals surface area contributed by atoms with Crippen LogP contribution < -0.4 is 16.8 Å². The smallest absolute Gasteiger partial charge is 0.250 e. The van der Waals surface area contributed by atoms with E-state index in [4.69, 9.17) is 11.5 Å². The second-order valence-electron chi connectivity index (χ2n) is 4.66. The van der Waals surface area contributed by atoms with E-state index in [0.717, 1.165) is 16.5 Å². The van der Waals surface area contributed by atoms with Crippen molar-refractivity contribution in [2.75, 3.05) is 11.1 Å². The molecule has 0 fully saturated rings. The van der Waals surface area contributed by atoms with E-state index in [1.807, 2.05) is 24.3 Å². The summed E-state index contributed by atoms with van der Waals surface area (Å²) in [6.07, 6.45) is 3.53. The van der Waals surface area contributed by atoms with Gasteiger partial charge in [-0.25, -0.2) is 0 Å². The molecule has 104 valence electrons. The molecule has 0 bridgehead atoms. The van der Waals surface area contributed by atoms with Crippen molar-refractivity contribution >= 4 is 33.7 Å². The predicted molar refractivity (Wildman–Crippen MR) is 84.4 cm³/mol. The maximum Gasteiger partial charge on any atom is 0.250 e. The number of benzene rings is 2. The van der Waals surface area contributed by atoms with Crippen LogP contribution in [0.25, 0.3) is 10.8 Å². The summed E-state index contributed by atoms with van der Waals surface area (Å²) in [4.78, 5) is 15.5. The fraction of sp³-hybridized carbons (Fsp3) is 0. The number of nitrogens with one attached hydrogen (secondary N) is 1. The highest BCUT2D eigenvalue weighted by Gasteiger charge is 2.10. The van der Waals surface area contributed by atoms with E-state index in [9.17, 15) is 4.79 Å². The van der Waals surface area contributed by atoms with Gasteiger partial charge in [-0.3, -0.25) is 9.78 Å². The van der Waals surface area contributed by atoms with Crippen molar-refractivity contribution in [2.24, 2.45) is 5.73 Å². The molecule has 0 saturated heterocycles. The minimum Gasteiger partial charge on any atom is -0.396 e. The van der Waals surface area contributed by atoms with E-state index >= 15 is 0 Å². The quantitative estimate of drug-likeness (QED) is 0.642. The fourth-order valence-electron chi connectivity index (χ4n) is 2.26. The van der Waals surface area contributed by atoms with Gasteiger partial charge >= 0.3 is 0 Å². The number of nitrogen functional groups attached to an aromatic ring is 1. The van der Waals surface area contributed by atoms with Gasteiger partial charge in [-0.05, 0) is 29.7 Å². The van der Waals surface area contributed by atoms with Gasteiger partial charge in [0.1, 0.15) is 0 Å². The van der Waals surface area contributed by atoms with Crippen LogP contribution in [0.2, 0.25) is 0 Å². The second kappa shape index (κ2) is 5.13. The Bertz CT molecular complexity index is 824. The van der Waals surface area contributed by atoms with E-state index in [2.05, 4.69) is 10.3 Å². The summed E-state index contributed by atoms with van der Waals surface area (Å²) in [5.74, 6) is -0.546. The van der Waals surface area contributed by atoms with Crippen LogP contribution in [0.3, 0.4) is 0 Å². The number of pyridine rings is 1. The van der Waals surface area contributed by atoms with Gasteiger partial charge in [0.15, 0.2) is 0 Å². The summed E-state index contributed by atoms with van der Waals surface area (Å²) in [7, 11) is 0. The monoisotopic (exact) mass is 278 g/mol. The van der Waals surface area contributed by atoms with Crippen LogP contribution in [0.4, 0.5) is 17.1 Å². The minimum absolute atomic E-state index is 0.304. The van der Waals surface area contributed by atoms with Gasteiger partial charge in [0.05, 0.1) is 16.9 Å². The number of aromatic nitrogens is 1. The van der Waals surface area contributed by atoms with E-state index in [0.29, 0.717) is 16.9 Å². The van der Waals surface area contributed by atoms with Crippen molar-refractivity contribution < 1.29 is 4.79 Å². The Morgan fingerprint density at radius 3 is 2.62 bits per heavy atom. The zero-order chi connectivity index (χ0) is 14.8. The zero-order valence-corrected chi connectivity index (χ0v) is 11.2. The highest BCUT2D eigenvalue weighted by molar-refractivity contribution is 6.02. The number of para-hydroxylation sites is 1. The molecule has 0 aliphatic heterocycles. The topological polar surface area (TPSA) is 94.0 Å². The molecule has 5 N–H and O–H groups in total. The van der Waals surface area contributed by atoms with Crippen LogP contribution in [0.15, 0.2) is 54.9 Å². The molecule has 0 spiro atoms. The third-order valence-electron chi connectivity index (χ3n) is 3.32. The zero-order valence-electron chi connectivity index (χ0n) is 11.2. The fourth-order valence-corrected chi connectivity index (χ4v) is 2.26. The van der Waals surface area contributed by atoms with Crippen LogP contribution in [0.1, 0.15) is 10.4 Å². The Labute approximate surface area is 121 Å². The lowest BCUT2D eigenvalue weighted by Crippen LogP contribution is -2.14. The molecule has 0 atom stereocenters. The third kappa shape index (κ3) is 2.36. The first kappa shape index (κ1) is 12.9. The largest absolute Gasteiger partial charge is 0.396 e. The minimum atomic E-state index is -0.546. The van der Waals surface area contributed by atoms with Crippen LogP contribution in [0, 0.1) is 0 Å². The molecule has 3 rings (SSSR count). The lowest BCUT2D eigenvalue weighted by atomic mass is 10.1. The lowest BCUT2D eigenvalue weighted by molar-refractivity contribution is 0.100. The second-order valence-corrected chi connectivity index (χ2v) is 4.66. The average molecular weight is 278 g/mol. The number of carbonyl (C=O) groups is 1. The van der Waals surface area contributed by atoms with Gasteiger partial charge in [-0.15, -0.1) is 0 Å². The predicted octanol–water partition coefficient (Wildman–Crippen LogP) is 2.66. The average Bonchev–Trinajstić information content (AvgIpc) is 2.49. The van der Waals surface area contributed by atoms with Crippen molar-refractivity contribution in [3.8, 4) is 0 Å². The number of rotatable bonds is 3. The maximum absolute atomic E-state index is 11.3. The van der Waals surface area contributed by atoms with Gasteiger partial charge in [0.25, 0.3) is 5.91 Å². The SMILES string of the molecule is NC(=O)c1cccc(Nc2cccc3ccncc23)c1N. The maximum atomic E-state index is 11.3. The molecule has 5 heteroatoms. The molecule has 0 unspecified atom stereocenters. The Morgan fingerprint density at radius 2 is 1.81 bits per heavy atom. The Kier molecular flexibility index (Phi) is 3.16. The van der Waals surface area contributed by atoms with Crippen LogP contribution in [0.5, 0.6) is 0 Å². The number of carbonyl (C=O) groups excluding carboxylic acids is 1. The van der Waals surface area contributed by atoms with Gasteiger partial charge in [-0.2, -0.15) is 0 Å². The van der Waals surface area contributed by atoms with Gasteiger partial charge in [-0.1, -0.05) is 18.2 Å². The molecule has 0 saturated carbocycles. The molecular formula is C16H14N4O. The Balaban J connectivity index is 2.07. The Morgan fingerprint density at radius 1 is 1.05 bits per heavy atom. The lowest BCUT2D eigenvalue weighted by Gasteiger charge is -2.13. The van der Waals surface area contributed by atoms with Crippen LogP contribution in [-0.4, -0.2) is 10.9 Å². The van der Waals surface area contributed by atoms with E-state index in [1.54, 1.807) is 30.6 Å². The number of nitrogens with two attached hydrogens (primary N) is 2. The summed E-state index contributed by atoms with van der Waals surface area (Å²) in [5.41, 5.74) is 13.5. The molecule has 1 heterocycles. The van der Waals surface area contributed by atoms with Crippen molar-refractivity contribution in [1.82, 2.24) is 4.98 Å². The number of fused-ring (bicyclic) bond motifs is 1. The molecule has 1 aromatic heterocycles. The molecule has 3 aromatic rings. The normalized spacial score (nSPS) is 10.5. The number of hydrogen-bond acceptors (Lipinski definition) is 4. The van der Waals surface area contributed by atoms with Crippen LogP contribution >= 0.6 is 0 Å². The van der Waals surface area contributed by atoms with Crippen molar-refractivity contribution in [1.29, 1.82) is 0 Å². The summed E-state index contributed by atoms with van der Waals surface area (Å²) < 4.78 is 0. The standard InChI is InChI=1S/C16H14N4O/c17-15-11(16(18)21)4-2-6-14(15)20-13-5-1-3-10-7-8-19-9-12(10)13/h1-9,20H,17H2,(H2,18,21).